The lowest BCUT2D eigenvalue weighted by molar-refractivity contribution is -0.124. The van der Waals surface area contributed by atoms with Gasteiger partial charge in [0.2, 0.25) is 11.8 Å². The molecular weight excluding hydrogens is 310 g/mol. The molecule has 1 heterocycles. The molecule has 5 nitrogen and oxygen atoms in total. The average molecular weight is 331 g/mol. The summed E-state index contributed by atoms with van der Waals surface area (Å²) >= 11 is 1.25. The van der Waals surface area contributed by atoms with Crippen LogP contribution >= 0.6 is 11.8 Å². The number of aryl methyl sites for hydroxylation is 3. The lowest BCUT2D eigenvalue weighted by Gasteiger charge is -2.22. The van der Waals surface area contributed by atoms with E-state index in [1.54, 1.807) is 4.90 Å². The van der Waals surface area contributed by atoms with Crippen LogP contribution in [0.5, 0.6) is 0 Å². The molecule has 1 aromatic carbocycles. The molecule has 0 spiro atoms. The number of carbonyl (C=O) groups excluding carboxylic acids is 2. The molecule has 1 atom stereocenters. The third kappa shape index (κ3) is 4.05. The largest absolute Gasteiger partial charge is 0.343 e. The normalized spacial score (nSPS) is 17.2. The lowest BCUT2D eigenvalue weighted by Crippen LogP contribution is -2.42. The van der Waals surface area contributed by atoms with Crippen molar-refractivity contribution in [3.05, 3.63) is 28.8 Å². The van der Waals surface area contributed by atoms with E-state index in [1.807, 2.05) is 26.8 Å². The quantitative estimate of drug-likeness (QED) is 0.839. The number of hydrogen-bond donors (Lipinski definition) is 1. The average Bonchev–Trinajstić information content (AvgIpc) is 2.80. The van der Waals surface area contributed by atoms with Crippen molar-refractivity contribution in [2.75, 3.05) is 23.0 Å². The standard InChI is InChI=1S/C17H21N3O2S/c1-11-8-12(2)16(13(3)9-11)20-6-4-14(17(20)22)19-15(21)10-23-7-5-18/h8-9,14H,4,6-7,10H2,1-3H3,(H,19,21). The molecule has 1 saturated heterocycles. The molecule has 0 bridgehead atoms. The Hall–Kier alpha value is -2.00. The van der Waals surface area contributed by atoms with Crippen LogP contribution in [0.3, 0.4) is 0 Å². The van der Waals surface area contributed by atoms with Crippen LogP contribution in [0.1, 0.15) is 23.1 Å². The number of anilines is 1. The Morgan fingerprint density at radius 3 is 2.65 bits per heavy atom. The first-order valence-electron chi connectivity index (χ1n) is 7.57. The van der Waals surface area contributed by atoms with E-state index in [0.717, 1.165) is 16.8 Å². The Morgan fingerprint density at radius 2 is 2.04 bits per heavy atom. The highest BCUT2D eigenvalue weighted by atomic mass is 32.2. The number of thioether (sulfide) groups is 1. The fourth-order valence-corrected chi connectivity index (χ4v) is 3.52. The van der Waals surface area contributed by atoms with E-state index >= 15 is 0 Å². The van der Waals surface area contributed by atoms with E-state index in [0.29, 0.717) is 13.0 Å². The smallest absolute Gasteiger partial charge is 0.249 e. The van der Waals surface area contributed by atoms with Gasteiger partial charge in [0, 0.05) is 12.2 Å². The van der Waals surface area contributed by atoms with Crippen molar-refractivity contribution in [3.63, 3.8) is 0 Å². The van der Waals surface area contributed by atoms with Crippen LogP contribution in [-0.4, -0.2) is 35.9 Å². The topological polar surface area (TPSA) is 73.2 Å². The second-order valence-corrected chi connectivity index (χ2v) is 6.78. The summed E-state index contributed by atoms with van der Waals surface area (Å²) in [4.78, 5) is 26.2. The summed E-state index contributed by atoms with van der Waals surface area (Å²) in [7, 11) is 0. The van der Waals surface area contributed by atoms with Gasteiger partial charge in [-0.3, -0.25) is 9.59 Å². The van der Waals surface area contributed by atoms with Crippen LogP contribution in [0.4, 0.5) is 5.69 Å². The second kappa shape index (κ2) is 7.51. The van der Waals surface area contributed by atoms with Crippen LogP contribution in [0.25, 0.3) is 0 Å². The van der Waals surface area contributed by atoms with E-state index in [4.69, 9.17) is 5.26 Å². The minimum absolute atomic E-state index is 0.0568. The van der Waals surface area contributed by atoms with Gasteiger partial charge in [-0.15, -0.1) is 11.8 Å². The molecule has 1 N–H and O–H groups in total. The first kappa shape index (κ1) is 17.4. The molecule has 122 valence electrons. The molecule has 1 fully saturated rings. The Labute approximate surface area is 141 Å². The number of nitriles is 1. The van der Waals surface area contributed by atoms with Crippen LogP contribution in [0, 0.1) is 32.1 Å². The zero-order valence-electron chi connectivity index (χ0n) is 13.7. The van der Waals surface area contributed by atoms with Gasteiger partial charge in [-0.2, -0.15) is 5.26 Å². The van der Waals surface area contributed by atoms with E-state index in [1.165, 1.54) is 17.3 Å². The minimum Gasteiger partial charge on any atom is -0.343 e. The molecule has 0 radical (unpaired) electrons. The van der Waals surface area contributed by atoms with Crippen molar-refractivity contribution in [3.8, 4) is 6.07 Å². The highest BCUT2D eigenvalue weighted by Gasteiger charge is 2.34. The number of rotatable bonds is 5. The summed E-state index contributed by atoms with van der Waals surface area (Å²) in [6.07, 6.45) is 0.611. The van der Waals surface area contributed by atoms with Gasteiger partial charge in [0.05, 0.1) is 17.6 Å². The zero-order chi connectivity index (χ0) is 17.0. The maximum Gasteiger partial charge on any atom is 0.249 e. The lowest BCUT2D eigenvalue weighted by atomic mass is 10.0. The molecule has 2 amide bonds. The summed E-state index contributed by atoms with van der Waals surface area (Å²) in [5, 5.41) is 11.3. The fraction of sp³-hybridized carbons (Fsp3) is 0.471. The van der Waals surface area contributed by atoms with Crippen molar-refractivity contribution >= 4 is 29.3 Å². The van der Waals surface area contributed by atoms with Crippen LogP contribution < -0.4 is 10.2 Å². The number of carbonyl (C=O) groups is 2. The van der Waals surface area contributed by atoms with Crippen molar-refractivity contribution in [1.82, 2.24) is 5.32 Å². The van der Waals surface area contributed by atoms with Crippen LogP contribution in [0.2, 0.25) is 0 Å². The highest BCUT2D eigenvalue weighted by molar-refractivity contribution is 8.00. The zero-order valence-corrected chi connectivity index (χ0v) is 14.5. The molecule has 23 heavy (non-hydrogen) atoms. The van der Waals surface area contributed by atoms with E-state index in [9.17, 15) is 9.59 Å². The van der Waals surface area contributed by atoms with Gasteiger partial charge in [0.25, 0.3) is 0 Å². The van der Waals surface area contributed by atoms with Gasteiger partial charge in [0.15, 0.2) is 0 Å². The molecule has 0 saturated carbocycles. The molecule has 1 aliphatic heterocycles. The molecule has 0 aromatic heterocycles. The summed E-state index contributed by atoms with van der Waals surface area (Å²) in [5.41, 5.74) is 4.28. The van der Waals surface area contributed by atoms with E-state index < -0.39 is 6.04 Å². The van der Waals surface area contributed by atoms with Gasteiger partial charge in [-0.1, -0.05) is 17.7 Å². The highest BCUT2D eigenvalue weighted by Crippen LogP contribution is 2.30. The number of nitrogens with zero attached hydrogens (tertiary/aromatic N) is 2. The molecule has 1 aliphatic rings. The molecule has 6 heteroatoms. The van der Waals surface area contributed by atoms with Gasteiger partial charge >= 0.3 is 0 Å². The first-order chi connectivity index (χ1) is 10.9. The Bertz CT molecular complexity index is 643. The summed E-state index contributed by atoms with van der Waals surface area (Å²) in [6, 6.07) is 5.65. The number of hydrogen-bond acceptors (Lipinski definition) is 4. The van der Waals surface area contributed by atoms with Crippen LogP contribution in [0.15, 0.2) is 12.1 Å². The number of amides is 2. The predicted octanol–water partition coefficient (Wildman–Crippen LogP) is 2.09. The SMILES string of the molecule is Cc1cc(C)c(N2CCC(NC(=O)CSCC#N)C2=O)c(C)c1. The van der Waals surface area contributed by atoms with E-state index in [-0.39, 0.29) is 23.3 Å². The van der Waals surface area contributed by atoms with Gasteiger partial charge in [-0.25, -0.2) is 0 Å². The van der Waals surface area contributed by atoms with Gasteiger partial charge < -0.3 is 10.2 Å². The van der Waals surface area contributed by atoms with E-state index in [2.05, 4.69) is 17.4 Å². The molecular formula is C17H21N3O2S. The summed E-state index contributed by atoms with van der Waals surface area (Å²) in [6.45, 7) is 6.66. The molecule has 1 aromatic rings. The third-order valence-corrected chi connectivity index (χ3v) is 4.65. The van der Waals surface area contributed by atoms with Crippen molar-refractivity contribution in [2.45, 2.75) is 33.2 Å². The summed E-state index contributed by atoms with van der Waals surface area (Å²) < 4.78 is 0. The van der Waals surface area contributed by atoms with Gasteiger partial charge in [0.1, 0.15) is 6.04 Å². The Balaban J connectivity index is 2.05. The number of nitrogens with one attached hydrogen (secondary N) is 1. The first-order valence-corrected chi connectivity index (χ1v) is 8.72. The maximum absolute atomic E-state index is 12.6. The molecule has 2 rings (SSSR count). The van der Waals surface area contributed by atoms with Crippen molar-refractivity contribution in [2.24, 2.45) is 0 Å². The van der Waals surface area contributed by atoms with Crippen molar-refractivity contribution < 1.29 is 9.59 Å². The second-order valence-electron chi connectivity index (χ2n) is 5.80. The maximum atomic E-state index is 12.6. The Morgan fingerprint density at radius 1 is 1.39 bits per heavy atom. The van der Waals surface area contributed by atoms with Crippen LogP contribution in [-0.2, 0) is 9.59 Å². The predicted molar refractivity (Wildman–Crippen MR) is 92.5 cm³/mol. The molecule has 0 aliphatic carbocycles. The summed E-state index contributed by atoms with van der Waals surface area (Å²) in [5.74, 6) is 0.237. The van der Waals surface area contributed by atoms with Crippen molar-refractivity contribution in [1.29, 1.82) is 5.26 Å². The fourth-order valence-electron chi connectivity index (χ4n) is 3.06. The monoisotopic (exact) mass is 331 g/mol. The Kier molecular flexibility index (Phi) is 5.67. The minimum atomic E-state index is -0.467. The van der Waals surface area contributed by atoms with Gasteiger partial charge in [-0.05, 0) is 38.3 Å². The third-order valence-electron chi connectivity index (χ3n) is 3.85. The molecule has 1 unspecified atom stereocenters. The number of benzene rings is 1.